The van der Waals surface area contributed by atoms with Gasteiger partial charge in [0.15, 0.2) is 5.69 Å². The molecule has 0 spiro atoms. The molecule has 0 aliphatic rings. The zero-order chi connectivity index (χ0) is 22.3. The lowest BCUT2D eigenvalue weighted by Gasteiger charge is -2.18. The van der Waals surface area contributed by atoms with Crippen molar-refractivity contribution >= 4 is 31.7 Å². The van der Waals surface area contributed by atoms with Crippen LogP contribution in [0.3, 0.4) is 0 Å². The largest absolute Gasteiger partial charge is 0.411 e. The maximum Gasteiger partial charge on any atom is 0.214 e. The zero-order valence-corrected chi connectivity index (χ0v) is 19.4. The second kappa shape index (κ2) is 10.9. The Kier molecular flexibility index (Phi) is 8.89. The van der Waals surface area contributed by atoms with Gasteiger partial charge in [-0.05, 0) is 65.2 Å². The summed E-state index contributed by atoms with van der Waals surface area (Å²) in [7, 11) is 1.64. The number of benzene rings is 1. The fourth-order valence-electron chi connectivity index (χ4n) is 2.68. The molecule has 0 saturated carbocycles. The molecular weight excluding hydrogens is 481 g/mol. The van der Waals surface area contributed by atoms with E-state index in [1.165, 1.54) is 24.5 Å². The highest BCUT2D eigenvalue weighted by molar-refractivity contribution is 9.10. The van der Waals surface area contributed by atoms with Gasteiger partial charge in [-0.1, -0.05) is 16.4 Å². The van der Waals surface area contributed by atoms with Gasteiger partial charge in [-0.25, -0.2) is 21.7 Å². The third-order valence-corrected chi connectivity index (χ3v) is 6.97. The number of rotatable bonds is 11. The van der Waals surface area contributed by atoms with Crippen molar-refractivity contribution in [3.8, 4) is 0 Å². The van der Waals surface area contributed by atoms with Crippen LogP contribution in [0.1, 0.15) is 23.4 Å². The number of halogens is 2. The third-order valence-electron chi connectivity index (χ3n) is 4.55. The summed E-state index contributed by atoms with van der Waals surface area (Å²) in [6.45, 7) is 1.05. The molecule has 2 rings (SSSR count). The number of aromatic nitrogens is 2. The first-order valence-corrected chi connectivity index (χ1v) is 11.6. The second-order valence-corrected chi connectivity index (χ2v) is 10.2. The Bertz CT molecular complexity index is 981. The van der Waals surface area contributed by atoms with Crippen molar-refractivity contribution in [2.75, 3.05) is 40.0 Å². The molecule has 166 valence electrons. The van der Waals surface area contributed by atoms with Gasteiger partial charge in [0.25, 0.3) is 0 Å². The molecule has 0 unspecified atom stereocenters. The van der Waals surface area contributed by atoms with Crippen molar-refractivity contribution in [2.45, 2.75) is 19.3 Å². The Labute approximate surface area is 183 Å². The molecule has 1 heterocycles. The second-order valence-electron chi connectivity index (χ2n) is 7.04. The lowest BCUT2D eigenvalue weighted by Crippen LogP contribution is -2.32. The van der Waals surface area contributed by atoms with Crippen LogP contribution in [0, 0.1) is 5.82 Å². The van der Waals surface area contributed by atoms with E-state index in [4.69, 9.17) is 4.63 Å². The average molecular weight is 506 g/mol. The van der Waals surface area contributed by atoms with Crippen LogP contribution in [-0.2, 0) is 22.9 Å². The Morgan fingerprint density at radius 3 is 2.63 bits per heavy atom. The van der Waals surface area contributed by atoms with Crippen molar-refractivity contribution in [2.24, 2.45) is 5.16 Å². The maximum absolute atomic E-state index is 13.4. The van der Waals surface area contributed by atoms with E-state index in [1.807, 2.05) is 11.9 Å². The van der Waals surface area contributed by atoms with E-state index >= 15 is 0 Å². The molecule has 0 fully saturated rings. The maximum atomic E-state index is 13.4. The SMILES string of the molecule is CN(CCCc1nonc1/C(Cc1ccc(F)c(Br)c1)=N/O)CCS(=O)(=O)N(C)C. The van der Waals surface area contributed by atoms with Crippen molar-refractivity contribution in [3.05, 3.63) is 45.4 Å². The van der Waals surface area contributed by atoms with Crippen LogP contribution in [0.5, 0.6) is 0 Å². The fourth-order valence-corrected chi connectivity index (χ4v) is 4.01. The molecule has 0 saturated heterocycles. The molecule has 2 aromatic rings. The van der Waals surface area contributed by atoms with Crippen LogP contribution < -0.4 is 0 Å². The summed E-state index contributed by atoms with van der Waals surface area (Å²) in [5, 5.41) is 20.5. The van der Waals surface area contributed by atoms with Crippen molar-refractivity contribution in [3.63, 3.8) is 0 Å². The summed E-state index contributed by atoms with van der Waals surface area (Å²) in [5.41, 5.74) is 1.87. The molecule has 0 amide bonds. The minimum Gasteiger partial charge on any atom is -0.411 e. The third kappa shape index (κ3) is 6.83. The lowest BCUT2D eigenvalue weighted by atomic mass is 10.0. The number of nitrogens with zero attached hydrogens (tertiary/aromatic N) is 5. The molecular formula is C18H25BrFN5O4S. The summed E-state index contributed by atoms with van der Waals surface area (Å²) >= 11 is 3.13. The van der Waals surface area contributed by atoms with Gasteiger partial charge in [-0.2, -0.15) is 0 Å². The molecule has 30 heavy (non-hydrogen) atoms. The summed E-state index contributed by atoms with van der Waals surface area (Å²) in [5.74, 6) is -0.338. The topological polar surface area (TPSA) is 112 Å². The summed E-state index contributed by atoms with van der Waals surface area (Å²) in [6.07, 6.45) is 1.41. The highest BCUT2D eigenvalue weighted by Crippen LogP contribution is 2.19. The predicted octanol–water partition coefficient (Wildman–Crippen LogP) is 2.15. The monoisotopic (exact) mass is 505 g/mol. The van der Waals surface area contributed by atoms with Gasteiger partial charge >= 0.3 is 0 Å². The van der Waals surface area contributed by atoms with E-state index in [2.05, 4.69) is 31.4 Å². The standard InChI is InChI=1S/C18H25BrFN5O4S/c1-24(2)30(27,28)10-9-25(3)8-4-5-16-18(23-29-22-16)17(21-26)12-13-6-7-15(20)14(19)11-13/h6-7,11,26H,4-5,8-10,12H2,1-3H3/b21-17+. The molecule has 1 N–H and O–H groups in total. The van der Waals surface area contributed by atoms with Gasteiger partial charge in [0.1, 0.15) is 17.2 Å². The lowest BCUT2D eigenvalue weighted by molar-refractivity contribution is 0.299. The molecule has 0 aliphatic heterocycles. The molecule has 1 aromatic heterocycles. The number of hydrogen-bond donors (Lipinski definition) is 1. The fraction of sp³-hybridized carbons (Fsp3) is 0.500. The zero-order valence-electron chi connectivity index (χ0n) is 17.0. The minimum atomic E-state index is -3.23. The van der Waals surface area contributed by atoms with Crippen LogP contribution in [0.2, 0.25) is 0 Å². The summed E-state index contributed by atoms with van der Waals surface area (Å²) < 4.78 is 43.5. The van der Waals surface area contributed by atoms with Gasteiger partial charge in [0.2, 0.25) is 10.0 Å². The first kappa shape index (κ1) is 24.4. The first-order chi connectivity index (χ1) is 14.1. The molecule has 0 radical (unpaired) electrons. The van der Waals surface area contributed by atoms with Gasteiger partial charge in [0.05, 0.1) is 10.2 Å². The van der Waals surface area contributed by atoms with Crippen LogP contribution in [0.4, 0.5) is 4.39 Å². The predicted molar refractivity (Wildman–Crippen MR) is 114 cm³/mol. The van der Waals surface area contributed by atoms with Gasteiger partial charge in [-0.3, -0.25) is 0 Å². The van der Waals surface area contributed by atoms with Crippen LogP contribution in [0.25, 0.3) is 0 Å². The average Bonchev–Trinajstić information content (AvgIpc) is 3.15. The van der Waals surface area contributed by atoms with E-state index in [1.54, 1.807) is 12.1 Å². The molecule has 0 aliphatic carbocycles. The van der Waals surface area contributed by atoms with Crippen molar-refractivity contribution in [1.82, 2.24) is 19.5 Å². The molecule has 9 nitrogen and oxygen atoms in total. The number of aryl methyl sites for hydroxylation is 1. The van der Waals surface area contributed by atoms with E-state index in [-0.39, 0.29) is 23.7 Å². The quantitative estimate of drug-likeness (QED) is 0.282. The van der Waals surface area contributed by atoms with Crippen molar-refractivity contribution < 1.29 is 22.6 Å². The Hall–Kier alpha value is -1.89. The highest BCUT2D eigenvalue weighted by atomic mass is 79.9. The number of sulfonamides is 1. The van der Waals surface area contributed by atoms with Crippen LogP contribution in [0.15, 0.2) is 32.5 Å². The van der Waals surface area contributed by atoms with Crippen LogP contribution in [-0.4, -0.2) is 78.8 Å². The Morgan fingerprint density at radius 2 is 2.00 bits per heavy atom. The smallest absolute Gasteiger partial charge is 0.214 e. The summed E-state index contributed by atoms with van der Waals surface area (Å²) in [4.78, 5) is 1.92. The van der Waals surface area contributed by atoms with E-state index in [0.29, 0.717) is 41.8 Å². The van der Waals surface area contributed by atoms with E-state index in [9.17, 15) is 18.0 Å². The minimum absolute atomic E-state index is 0.0435. The molecule has 0 bridgehead atoms. The van der Waals surface area contributed by atoms with E-state index < -0.39 is 10.0 Å². The normalized spacial score (nSPS) is 12.8. The Balaban J connectivity index is 1.93. The first-order valence-electron chi connectivity index (χ1n) is 9.19. The molecule has 0 atom stereocenters. The molecule has 1 aromatic carbocycles. The molecule has 12 heteroatoms. The number of hydrogen-bond acceptors (Lipinski definition) is 8. The Morgan fingerprint density at radius 1 is 1.27 bits per heavy atom. The van der Waals surface area contributed by atoms with Gasteiger partial charge in [-0.15, -0.1) is 0 Å². The number of oxime groups is 1. The van der Waals surface area contributed by atoms with E-state index in [0.717, 1.165) is 5.56 Å². The van der Waals surface area contributed by atoms with Crippen molar-refractivity contribution in [1.29, 1.82) is 0 Å². The van der Waals surface area contributed by atoms with Gasteiger partial charge in [0, 0.05) is 27.1 Å². The van der Waals surface area contributed by atoms with Gasteiger partial charge < -0.3 is 10.1 Å². The van der Waals surface area contributed by atoms with Crippen LogP contribution >= 0.6 is 15.9 Å². The highest BCUT2D eigenvalue weighted by Gasteiger charge is 2.19. The summed E-state index contributed by atoms with van der Waals surface area (Å²) in [6, 6.07) is 4.52.